The van der Waals surface area contributed by atoms with Gasteiger partial charge in [-0.2, -0.15) is 0 Å². The van der Waals surface area contributed by atoms with Crippen molar-refractivity contribution in [2.45, 2.75) is 6.54 Å². The number of guanidine groups is 1. The summed E-state index contributed by atoms with van der Waals surface area (Å²) in [5.41, 5.74) is 0.982. The third-order valence-electron chi connectivity index (χ3n) is 2.89. The van der Waals surface area contributed by atoms with E-state index in [2.05, 4.69) is 20.6 Å². The summed E-state index contributed by atoms with van der Waals surface area (Å²) in [5.74, 6) is 1.16. The number of aliphatic imine (C=N–C) groups is 1. The van der Waals surface area contributed by atoms with Gasteiger partial charge in [-0.05, 0) is 29.8 Å². The molecule has 0 unspecified atom stereocenters. The van der Waals surface area contributed by atoms with Crippen molar-refractivity contribution in [3.05, 3.63) is 60.2 Å². The molecule has 0 aliphatic carbocycles. The van der Waals surface area contributed by atoms with E-state index in [9.17, 15) is 4.39 Å². The van der Waals surface area contributed by atoms with Crippen molar-refractivity contribution in [2.75, 3.05) is 20.2 Å². The number of aromatic nitrogens is 1. The normalized spacial score (nSPS) is 10.6. The zero-order valence-electron chi connectivity index (χ0n) is 12.8. The summed E-state index contributed by atoms with van der Waals surface area (Å²) in [6.45, 7) is 1.68. The van der Waals surface area contributed by atoms with E-state index in [1.54, 1.807) is 31.6 Å². The van der Waals surface area contributed by atoms with Gasteiger partial charge in [0.05, 0.1) is 12.7 Å². The van der Waals surface area contributed by atoms with E-state index in [1.807, 2.05) is 12.1 Å². The molecule has 2 aromatic rings. The molecule has 1 aromatic carbocycles. The predicted molar refractivity (Wildman–Crippen MR) is 99.7 cm³/mol. The molecule has 0 aliphatic heterocycles. The van der Waals surface area contributed by atoms with E-state index in [1.165, 1.54) is 12.1 Å². The predicted octanol–water partition coefficient (Wildman–Crippen LogP) is 2.58. The fourth-order valence-electron chi connectivity index (χ4n) is 1.78. The number of pyridine rings is 1. The first-order valence-electron chi connectivity index (χ1n) is 7.00. The Labute approximate surface area is 152 Å². The number of nitrogens with zero attached hydrogens (tertiary/aromatic N) is 2. The number of halogens is 2. The van der Waals surface area contributed by atoms with Crippen LogP contribution in [0.1, 0.15) is 5.56 Å². The summed E-state index contributed by atoms with van der Waals surface area (Å²) < 4.78 is 18.3. The number of nitrogens with one attached hydrogen (secondary N) is 2. The molecule has 0 bridgehead atoms. The molecule has 0 saturated carbocycles. The van der Waals surface area contributed by atoms with Crippen molar-refractivity contribution in [3.63, 3.8) is 0 Å². The molecule has 0 spiro atoms. The molecule has 0 amide bonds. The highest BCUT2D eigenvalue weighted by Gasteiger charge is 1.99. The van der Waals surface area contributed by atoms with Crippen LogP contribution in [0.25, 0.3) is 0 Å². The Morgan fingerprint density at radius 2 is 2.00 bits per heavy atom. The summed E-state index contributed by atoms with van der Waals surface area (Å²) in [4.78, 5) is 8.09. The van der Waals surface area contributed by atoms with E-state index in [-0.39, 0.29) is 29.8 Å². The van der Waals surface area contributed by atoms with Gasteiger partial charge in [-0.25, -0.2) is 4.39 Å². The Balaban J connectivity index is 0.00000264. The topological polar surface area (TPSA) is 58.5 Å². The van der Waals surface area contributed by atoms with Crippen LogP contribution in [0.5, 0.6) is 5.75 Å². The zero-order valence-corrected chi connectivity index (χ0v) is 15.2. The van der Waals surface area contributed by atoms with Crippen molar-refractivity contribution < 1.29 is 9.13 Å². The molecule has 0 radical (unpaired) electrons. The van der Waals surface area contributed by atoms with Crippen molar-refractivity contribution in [3.8, 4) is 5.75 Å². The van der Waals surface area contributed by atoms with Crippen LogP contribution < -0.4 is 15.4 Å². The van der Waals surface area contributed by atoms with E-state index >= 15 is 0 Å². The summed E-state index contributed by atoms with van der Waals surface area (Å²) >= 11 is 0. The van der Waals surface area contributed by atoms with Crippen LogP contribution in [0, 0.1) is 5.82 Å². The minimum Gasteiger partial charge on any atom is -0.490 e. The molecule has 2 N–H and O–H groups in total. The van der Waals surface area contributed by atoms with Crippen molar-refractivity contribution in [2.24, 2.45) is 4.99 Å². The zero-order chi connectivity index (χ0) is 15.6. The van der Waals surface area contributed by atoms with Crippen LogP contribution in [0.3, 0.4) is 0 Å². The Bertz CT molecular complexity index is 593. The Morgan fingerprint density at radius 1 is 1.22 bits per heavy atom. The first-order chi connectivity index (χ1) is 10.8. The molecule has 0 fully saturated rings. The second-order valence-corrected chi connectivity index (χ2v) is 4.52. The van der Waals surface area contributed by atoms with Gasteiger partial charge in [0, 0.05) is 19.8 Å². The molecular formula is C16H20FIN4O. The molecular weight excluding hydrogens is 410 g/mol. The maximum Gasteiger partial charge on any atom is 0.191 e. The minimum atomic E-state index is -0.237. The summed E-state index contributed by atoms with van der Waals surface area (Å²) in [5, 5.41) is 6.29. The SMILES string of the molecule is CN=C(NCCOc1cccnc1)NCc1ccc(F)cc1.I. The van der Waals surface area contributed by atoms with Crippen molar-refractivity contribution in [1.82, 2.24) is 15.6 Å². The van der Waals surface area contributed by atoms with E-state index in [0.717, 1.165) is 11.3 Å². The highest BCUT2D eigenvalue weighted by atomic mass is 127. The number of rotatable bonds is 6. The molecule has 1 heterocycles. The largest absolute Gasteiger partial charge is 0.490 e. The molecule has 1 aromatic heterocycles. The fraction of sp³-hybridized carbons (Fsp3) is 0.250. The highest BCUT2D eigenvalue weighted by molar-refractivity contribution is 14.0. The molecule has 0 atom stereocenters. The Morgan fingerprint density at radius 3 is 2.65 bits per heavy atom. The van der Waals surface area contributed by atoms with Crippen LogP contribution in [0.4, 0.5) is 4.39 Å². The molecule has 0 saturated heterocycles. The average molecular weight is 430 g/mol. The van der Waals surface area contributed by atoms with Gasteiger partial charge in [-0.3, -0.25) is 9.98 Å². The lowest BCUT2D eigenvalue weighted by Gasteiger charge is -2.12. The number of benzene rings is 1. The Kier molecular flexibility index (Phi) is 8.96. The number of hydrogen-bond donors (Lipinski definition) is 2. The quantitative estimate of drug-likeness (QED) is 0.320. The molecule has 0 aliphatic rings. The maximum atomic E-state index is 12.8. The van der Waals surface area contributed by atoms with Crippen LogP contribution in [-0.4, -0.2) is 31.1 Å². The van der Waals surface area contributed by atoms with Crippen molar-refractivity contribution in [1.29, 1.82) is 0 Å². The summed E-state index contributed by atoms with van der Waals surface area (Å²) in [6, 6.07) is 10.0. The third-order valence-corrected chi connectivity index (χ3v) is 2.89. The average Bonchev–Trinajstić information content (AvgIpc) is 2.57. The Hall–Kier alpha value is -1.90. The minimum absolute atomic E-state index is 0. The lowest BCUT2D eigenvalue weighted by molar-refractivity contribution is 0.320. The van der Waals surface area contributed by atoms with E-state index in [0.29, 0.717) is 25.7 Å². The van der Waals surface area contributed by atoms with Gasteiger partial charge in [0.15, 0.2) is 5.96 Å². The summed E-state index contributed by atoms with van der Waals surface area (Å²) in [7, 11) is 1.70. The third kappa shape index (κ3) is 7.27. The van der Waals surface area contributed by atoms with Gasteiger partial charge < -0.3 is 15.4 Å². The monoisotopic (exact) mass is 430 g/mol. The van der Waals surface area contributed by atoms with Gasteiger partial charge in [-0.1, -0.05) is 12.1 Å². The first-order valence-corrected chi connectivity index (χ1v) is 7.00. The lowest BCUT2D eigenvalue weighted by Crippen LogP contribution is -2.38. The number of hydrogen-bond acceptors (Lipinski definition) is 3. The maximum absolute atomic E-state index is 12.8. The molecule has 124 valence electrons. The lowest BCUT2D eigenvalue weighted by atomic mass is 10.2. The van der Waals surface area contributed by atoms with Crippen LogP contribution in [0.15, 0.2) is 53.8 Å². The molecule has 5 nitrogen and oxygen atoms in total. The standard InChI is InChI=1S/C16H19FN4O.HI/c1-18-16(21-11-13-4-6-14(17)7-5-13)20-9-10-22-15-3-2-8-19-12-15;/h2-8,12H,9-11H2,1H3,(H2,18,20,21);1H. The van der Waals surface area contributed by atoms with Crippen LogP contribution in [0.2, 0.25) is 0 Å². The van der Waals surface area contributed by atoms with Gasteiger partial charge in [0.25, 0.3) is 0 Å². The second-order valence-electron chi connectivity index (χ2n) is 4.52. The number of ether oxygens (including phenoxy) is 1. The first kappa shape index (κ1) is 19.1. The van der Waals surface area contributed by atoms with E-state index in [4.69, 9.17) is 4.74 Å². The fourth-order valence-corrected chi connectivity index (χ4v) is 1.78. The molecule has 23 heavy (non-hydrogen) atoms. The van der Waals surface area contributed by atoms with Gasteiger partial charge in [0.1, 0.15) is 18.2 Å². The van der Waals surface area contributed by atoms with Crippen molar-refractivity contribution >= 4 is 29.9 Å². The van der Waals surface area contributed by atoms with Gasteiger partial charge in [0.2, 0.25) is 0 Å². The molecule has 7 heteroatoms. The van der Waals surface area contributed by atoms with Gasteiger partial charge in [-0.15, -0.1) is 24.0 Å². The van der Waals surface area contributed by atoms with E-state index < -0.39 is 0 Å². The smallest absolute Gasteiger partial charge is 0.191 e. The second kappa shape index (κ2) is 10.8. The van der Waals surface area contributed by atoms with Crippen LogP contribution in [-0.2, 0) is 6.54 Å². The highest BCUT2D eigenvalue weighted by Crippen LogP contribution is 2.05. The summed E-state index contributed by atoms with van der Waals surface area (Å²) in [6.07, 6.45) is 3.37. The molecule has 2 rings (SSSR count). The van der Waals surface area contributed by atoms with Crippen LogP contribution >= 0.6 is 24.0 Å². The van der Waals surface area contributed by atoms with Gasteiger partial charge >= 0.3 is 0 Å².